The van der Waals surface area contributed by atoms with Crippen molar-refractivity contribution < 1.29 is 14.7 Å². The average Bonchev–Trinajstić information content (AvgIpc) is 2.95. The van der Waals surface area contributed by atoms with Crippen molar-refractivity contribution in [3.8, 4) is 0 Å². The molecule has 0 spiro atoms. The van der Waals surface area contributed by atoms with Crippen LogP contribution in [0.4, 0.5) is 0 Å². The molecule has 0 saturated carbocycles. The maximum Gasteiger partial charge on any atom is 0.305 e. The smallest absolute Gasteiger partial charge is 0.305 e. The summed E-state index contributed by atoms with van der Waals surface area (Å²) in [6.07, 6.45) is 3.99. The highest BCUT2D eigenvalue weighted by atomic mass is 32.2. The highest BCUT2D eigenvalue weighted by Gasteiger charge is 2.32. The summed E-state index contributed by atoms with van der Waals surface area (Å²) in [5.74, 6) is -0.614. The van der Waals surface area contributed by atoms with Gasteiger partial charge in [-0.3, -0.25) is 14.5 Å². The number of likely N-dealkylation sites (tertiary alicyclic amines) is 1. The number of nitrogens with zero attached hydrogens (tertiary/aromatic N) is 3. The zero-order valence-corrected chi connectivity index (χ0v) is 16.1. The lowest BCUT2D eigenvalue weighted by molar-refractivity contribution is -0.138. The fraction of sp³-hybridized carbons (Fsp3) is 0.474. The number of nitrogens with one attached hydrogen (secondary N) is 1. The number of benzene rings is 1. The Bertz CT molecular complexity index is 765. The highest BCUT2D eigenvalue weighted by Crippen LogP contribution is 2.22. The van der Waals surface area contributed by atoms with E-state index in [0.29, 0.717) is 5.17 Å². The number of piperidine rings is 1. The predicted molar refractivity (Wildman–Crippen MR) is 107 cm³/mol. The number of thioether (sulfide) groups is 1. The Morgan fingerprint density at radius 2 is 2.26 bits per heavy atom. The minimum Gasteiger partial charge on any atom is -0.481 e. The molecule has 1 aromatic rings. The van der Waals surface area contributed by atoms with Gasteiger partial charge in [0.25, 0.3) is 0 Å². The average molecular weight is 388 g/mol. The van der Waals surface area contributed by atoms with Gasteiger partial charge in [0.2, 0.25) is 5.91 Å². The molecule has 1 aromatic carbocycles. The van der Waals surface area contributed by atoms with Crippen molar-refractivity contribution in [2.24, 2.45) is 16.1 Å². The summed E-state index contributed by atoms with van der Waals surface area (Å²) in [6, 6.07) is 8.09. The monoisotopic (exact) mass is 388 g/mol. The highest BCUT2D eigenvalue weighted by molar-refractivity contribution is 8.15. The number of rotatable bonds is 6. The number of carboxylic acid groups (broad SMARTS) is 1. The third kappa shape index (κ3) is 5.64. The van der Waals surface area contributed by atoms with Gasteiger partial charge in [0.1, 0.15) is 5.25 Å². The maximum atomic E-state index is 11.7. The lowest BCUT2D eigenvalue weighted by Crippen LogP contribution is -2.33. The Labute approximate surface area is 162 Å². The van der Waals surface area contributed by atoms with Crippen LogP contribution >= 0.6 is 11.8 Å². The van der Waals surface area contributed by atoms with Gasteiger partial charge < -0.3 is 10.4 Å². The number of hydrogen-bond acceptors (Lipinski definition) is 6. The molecule has 0 bridgehead atoms. The van der Waals surface area contributed by atoms with Crippen LogP contribution in [0.1, 0.15) is 37.3 Å². The first-order chi connectivity index (χ1) is 13.0. The molecule has 3 rings (SSSR count). The maximum absolute atomic E-state index is 11.7. The predicted octanol–water partition coefficient (Wildman–Crippen LogP) is 2.31. The lowest BCUT2D eigenvalue weighted by atomic mass is 9.99. The SMILES string of the molecule is CC1CCCN(Cc2ccccc2C=NN=C2NC(=O)C(CC(=O)O)S2)C1. The van der Waals surface area contributed by atoms with E-state index in [1.54, 1.807) is 6.21 Å². The van der Waals surface area contributed by atoms with Gasteiger partial charge in [-0.25, -0.2) is 0 Å². The van der Waals surface area contributed by atoms with Crippen molar-refractivity contribution in [1.82, 2.24) is 10.2 Å². The van der Waals surface area contributed by atoms with Gasteiger partial charge in [-0.05, 0) is 36.4 Å². The molecule has 144 valence electrons. The molecule has 2 heterocycles. The van der Waals surface area contributed by atoms with E-state index in [9.17, 15) is 9.59 Å². The van der Waals surface area contributed by atoms with E-state index >= 15 is 0 Å². The van der Waals surface area contributed by atoms with Crippen molar-refractivity contribution in [1.29, 1.82) is 0 Å². The van der Waals surface area contributed by atoms with Crippen LogP contribution in [0.25, 0.3) is 0 Å². The van der Waals surface area contributed by atoms with E-state index in [0.717, 1.165) is 42.9 Å². The molecule has 2 fully saturated rings. The standard InChI is InChI=1S/C19H24N4O3S/c1-13-5-4-8-23(11-13)12-15-7-3-2-6-14(15)10-20-22-19-21-18(26)16(27-19)9-17(24)25/h2-3,6-7,10,13,16H,4-5,8-9,11-12H2,1H3,(H,24,25)(H,21,22,26). The molecule has 8 heteroatoms. The molecule has 0 aromatic heterocycles. The second-order valence-corrected chi connectivity index (χ2v) is 8.22. The first-order valence-electron chi connectivity index (χ1n) is 9.12. The number of carbonyl (C=O) groups excluding carboxylic acids is 1. The summed E-state index contributed by atoms with van der Waals surface area (Å²) >= 11 is 1.10. The van der Waals surface area contributed by atoms with Crippen molar-refractivity contribution in [3.63, 3.8) is 0 Å². The molecule has 2 aliphatic heterocycles. The second kappa shape index (κ2) is 9.14. The molecular weight excluding hydrogens is 364 g/mol. The van der Waals surface area contributed by atoms with Crippen LogP contribution in [0.3, 0.4) is 0 Å². The minimum atomic E-state index is -1.01. The summed E-state index contributed by atoms with van der Waals surface area (Å²) in [6.45, 7) is 5.41. The molecule has 7 nitrogen and oxygen atoms in total. The molecule has 1 amide bonds. The number of carboxylic acids is 1. The van der Waals surface area contributed by atoms with Crippen molar-refractivity contribution >= 4 is 35.0 Å². The number of amides is 1. The van der Waals surface area contributed by atoms with E-state index < -0.39 is 11.2 Å². The molecule has 0 radical (unpaired) electrons. The third-order valence-electron chi connectivity index (χ3n) is 4.67. The van der Waals surface area contributed by atoms with Gasteiger partial charge in [-0.15, -0.1) is 5.10 Å². The zero-order chi connectivity index (χ0) is 19.2. The first-order valence-corrected chi connectivity index (χ1v) is 10.00. The van der Waals surface area contributed by atoms with Crippen LogP contribution in [0.15, 0.2) is 34.5 Å². The molecular formula is C19H24N4O3S. The number of hydrogen-bond donors (Lipinski definition) is 2. The topological polar surface area (TPSA) is 94.4 Å². The molecule has 2 saturated heterocycles. The van der Waals surface area contributed by atoms with Crippen LogP contribution < -0.4 is 5.32 Å². The van der Waals surface area contributed by atoms with E-state index in [-0.39, 0.29) is 12.3 Å². The van der Waals surface area contributed by atoms with Crippen LogP contribution in [-0.4, -0.2) is 51.6 Å². The molecule has 2 aliphatic rings. The lowest BCUT2D eigenvalue weighted by Gasteiger charge is -2.31. The van der Waals surface area contributed by atoms with Gasteiger partial charge in [0, 0.05) is 13.1 Å². The van der Waals surface area contributed by atoms with Crippen molar-refractivity contribution in [2.75, 3.05) is 13.1 Å². The third-order valence-corrected chi connectivity index (χ3v) is 5.74. The van der Waals surface area contributed by atoms with E-state index in [2.05, 4.69) is 33.4 Å². The van der Waals surface area contributed by atoms with Crippen LogP contribution in [0.2, 0.25) is 0 Å². The molecule has 2 N–H and O–H groups in total. The Kier molecular flexibility index (Phi) is 6.63. The van der Waals surface area contributed by atoms with E-state index in [1.165, 1.54) is 18.4 Å². The van der Waals surface area contributed by atoms with Gasteiger partial charge >= 0.3 is 5.97 Å². The van der Waals surface area contributed by atoms with Crippen LogP contribution in [-0.2, 0) is 16.1 Å². The fourth-order valence-electron chi connectivity index (χ4n) is 3.36. The molecule has 2 unspecified atom stereocenters. The van der Waals surface area contributed by atoms with Crippen molar-refractivity contribution in [2.45, 2.75) is 38.0 Å². The van der Waals surface area contributed by atoms with Gasteiger partial charge in [0.15, 0.2) is 5.17 Å². The summed E-state index contributed by atoms with van der Waals surface area (Å²) in [4.78, 5) is 25.0. The summed E-state index contributed by atoms with van der Waals surface area (Å²) < 4.78 is 0. The first kappa shape index (κ1) is 19.6. The van der Waals surface area contributed by atoms with Gasteiger partial charge in [-0.1, -0.05) is 43.0 Å². The number of aliphatic carboxylic acids is 1. The quantitative estimate of drug-likeness (QED) is 0.576. The summed E-state index contributed by atoms with van der Waals surface area (Å²) in [7, 11) is 0. The Balaban J connectivity index is 1.64. The Morgan fingerprint density at radius 3 is 3.04 bits per heavy atom. The van der Waals surface area contributed by atoms with Gasteiger partial charge in [0.05, 0.1) is 12.6 Å². The molecule has 27 heavy (non-hydrogen) atoms. The zero-order valence-electron chi connectivity index (χ0n) is 15.3. The van der Waals surface area contributed by atoms with E-state index in [4.69, 9.17) is 5.11 Å². The summed E-state index contributed by atoms with van der Waals surface area (Å²) in [5, 5.41) is 19.2. The van der Waals surface area contributed by atoms with Crippen LogP contribution in [0, 0.1) is 5.92 Å². The minimum absolute atomic E-state index is 0.226. The van der Waals surface area contributed by atoms with E-state index in [1.807, 2.05) is 18.2 Å². The Morgan fingerprint density at radius 1 is 1.44 bits per heavy atom. The fourth-order valence-corrected chi connectivity index (χ4v) is 4.28. The normalized spacial score (nSPS) is 25.2. The summed E-state index contributed by atoms with van der Waals surface area (Å²) in [5.41, 5.74) is 2.19. The second-order valence-electron chi connectivity index (χ2n) is 7.02. The van der Waals surface area contributed by atoms with Crippen LogP contribution in [0.5, 0.6) is 0 Å². The Hall–Kier alpha value is -2.19. The van der Waals surface area contributed by atoms with Crippen molar-refractivity contribution in [3.05, 3.63) is 35.4 Å². The number of carbonyl (C=O) groups is 2. The largest absolute Gasteiger partial charge is 0.481 e. The number of amidine groups is 1. The van der Waals surface area contributed by atoms with Gasteiger partial charge in [-0.2, -0.15) is 5.10 Å². The molecule has 0 aliphatic carbocycles. The molecule has 2 atom stereocenters.